The Morgan fingerprint density at radius 1 is 1.19 bits per heavy atom. The molecule has 1 aromatic carbocycles. The first-order chi connectivity index (χ1) is 13.3. The van der Waals surface area contributed by atoms with Gasteiger partial charge in [-0.1, -0.05) is 24.8 Å². The zero-order valence-corrected chi connectivity index (χ0v) is 15.4. The molecule has 0 unspecified atom stereocenters. The highest BCUT2D eigenvalue weighted by Gasteiger charge is 2.09. The fraction of sp³-hybridized carbons (Fsp3) is 0.150. The van der Waals surface area contributed by atoms with Gasteiger partial charge in [-0.05, 0) is 24.3 Å². The lowest BCUT2D eigenvalue weighted by Crippen LogP contribution is -2.28. The molecule has 3 rings (SSSR count). The number of aromatic nitrogens is 2. The van der Waals surface area contributed by atoms with E-state index >= 15 is 0 Å². The number of nitrogens with one attached hydrogen (secondary N) is 1. The maximum absolute atomic E-state index is 12.1. The van der Waals surface area contributed by atoms with Crippen molar-refractivity contribution in [2.24, 2.45) is 0 Å². The second-order valence-corrected chi connectivity index (χ2v) is 6.36. The standard InChI is InChI=1S/C20H19N3O3S/c1-2-10-25-17-7-3-4-8-18(17)26-13-19(24)22-12-16-14-27-20(23-16)15-6-5-9-21-11-15/h2-9,11,14H,1,10,12-13H2,(H,22,24). The summed E-state index contributed by atoms with van der Waals surface area (Å²) in [4.78, 5) is 20.7. The smallest absolute Gasteiger partial charge is 0.258 e. The number of rotatable bonds is 9. The van der Waals surface area contributed by atoms with E-state index in [2.05, 4.69) is 21.9 Å². The molecule has 2 heterocycles. The van der Waals surface area contributed by atoms with Crippen LogP contribution >= 0.6 is 11.3 Å². The number of pyridine rings is 1. The predicted octanol–water partition coefficient (Wildman–Crippen LogP) is 3.47. The minimum Gasteiger partial charge on any atom is -0.486 e. The number of para-hydroxylation sites is 2. The average Bonchev–Trinajstić information content (AvgIpc) is 3.19. The summed E-state index contributed by atoms with van der Waals surface area (Å²) in [5.41, 5.74) is 1.75. The van der Waals surface area contributed by atoms with E-state index in [4.69, 9.17) is 9.47 Å². The Kier molecular flexibility index (Phi) is 6.54. The summed E-state index contributed by atoms with van der Waals surface area (Å²) in [6.07, 6.45) is 5.14. The highest BCUT2D eigenvalue weighted by atomic mass is 32.1. The lowest BCUT2D eigenvalue weighted by molar-refractivity contribution is -0.123. The molecule has 0 bridgehead atoms. The lowest BCUT2D eigenvalue weighted by atomic mass is 10.3. The van der Waals surface area contributed by atoms with Gasteiger partial charge in [-0.3, -0.25) is 9.78 Å². The van der Waals surface area contributed by atoms with E-state index in [1.807, 2.05) is 29.6 Å². The maximum atomic E-state index is 12.1. The van der Waals surface area contributed by atoms with Crippen LogP contribution in [0.25, 0.3) is 10.6 Å². The normalized spacial score (nSPS) is 10.2. The Bertz CT molecular complexity index is 896. The number of carbonyl (C=O) groups is 1. The summed E-state index contributed by atoms with van der Waals surface area (Å²) in [6.45, 7) is 4.22. The highest BCUT2D eigenvalue weighted by Crippen LogP contribution is 2.26. The van der Waals surface area contributed by atoms with E-state index in [0.717, 1.165) is 16.3 Å². The Morgan fingerprint density at radius 2 is 2.00 bits per heavy atom. The van der Waals surface area contributed by atoms with E-state index in [9.17, 15) is 4.79 Å². The van der Waals surface area contributed by atoms with Gasteiger partial charge < -0.3 is 14.8 Å². The molecule has 0 aliphatic carbocycles. The van der Waals surface area contributed by atoms with E-state index < -0.39 is 0 Å². The quantitative estimate of drug-likeness (QED) is 0.575. The monoisotopic (exact) mass is 381 g/mol. The number of benzene rings is 1. The number of thiazole rings is 1. The van der Waals surface area contributed by atoms with Gasteiger partial charge in [0, 0.05) is 23.3 Å². The van der Waals surface area contributed by atoms with Crippen LogP contribution in [0, 0.1) is 0 Å². The zero-order valence-electron chi connectivity index (χ0n) is 14.6. The molecule has 0 saturated heterocycles. The summed E-state index contributed by atoms with van der Waals surface area (Å²) in [6, 6.07) is 11.0. The van der Waals surface area contributed by atoms with Crippen molar-refractivity contribution >= 4 is 17.2 Å². The summed E-state index contributed by atoms with van der Waals surface area (Å²) in [7, 11) is 0. The highest BCUT2D eigenvalue weighted by molar-refractivity contribution is 7.13. The van der Waals surface area contributed by atoms with Gasteiger partial charge >= 0.3 is 0 Å². The summed E-state index contributed by atoms with van der Waals surface area (Å²) in [5, 5.41) is 5.59. The summed E-state index contributed by atoms with van der Waals surface area (Å²) in [5.74, 6) is 0.859. The van der Waals surface area contributed by atoms with Crippen LogP contribution in [0.2, 0.25) is 0 Å². The average molecular weight is 381 g/mol. The number of nitrogens with zero attached hydrogens (tertiary/aromatic N) is 2. The molecule has 138 valence electrons. The molecule has 0 spiro atoms. The number of amides is 1. The zero-order chi connectivity index (χ0) is 18.9. The van der Waals surface area contributed by atoms with Crippen molar-refractivity contribution in [3.8, 4) is 22.1 Å². The minimum absolute atomic E-state index is 0.103. The largest absolute Gasteiger partial charge is 0.486 e. The van der Waals surface area contributed by atoms with Gasteiger partial charge in [0.25, 0.3) is 5.91 Å². The third-order valence-corrected chi connectivity index (χ3v) is 4.43. The van der Waals surface area contributed by atoms with Crippen molar-refractivity contribution in [1.29, 1.82) is 0 Å². The van der Waals surface area contributed by atoms with Crippen LogP contribution in [0.1, 0.15) is 5.69 Å². The number of ether oxygens (including phenoxy) is 2. The summed E-state index contributed by atoms with van der Waals surface area (Å²) < 4.78 is 11.1. The molecule has 0 aliphatic rings. The fourth-order valence-corrected chi connectivity index (χ4v) is 3.04. The molecule has 0 aliphatic heterocycles. The molecular formula is C20H19N3O3S. The van der Waals surface area contributed by atoms with Crippen molar-refractivity contribution in [3.05, 3.63) is 72.5 Å². The third kappa shape index (κ3) is 5.39. The number of hydrogen-bond donors (Lipinski definition) is 1. The van der Waals surface area contributed by atoms with Crippen LogP contribution in [0.5, 0.6) is 11.5 Å². The van der Waals surface area contributed by atoms with Gasteiger partial charge in [0.15, 0.2) is 18.1 Å². The number of carbonyl (C=O) groups excluding carboxylic acids is 1. The van der Waals surface area contributed by atoms with Crippen molar-refractivity contribution < 1.29 is 14.3 Å². The van der Waals surface area contributed by atoms with Crippen LogP contribution in [0.3, 0.4) is 0 Å². The molecule has 6 nitrogen and oxygen atoms in total. The lowest BCUT2D eigenvalue weighted by Gasteiger charge is -2.11. The van der Waals surface area contributed by atoms with Gasteiger partial charge in [-0.15, -0.1) is 11.3 Å². The van der Waals surface area contributed by atoms with Crippen LogP contribution in [-0.4, -0.2) is 29.1 Å². The first-order valence-electron chi connectivity index (χ1n) is 8.33. The van der Waals surface area contributed by atoms with Crippen molar-refractivity contribution in [3.63, 3.8) is 0 Å². The van der Waals surface area contributed by atoms with Gasteiger partial charge in [0.05, 0.1) is 12.2 Å². The van der Waals surface area contributed by atoms with Crippen LogP contribution in [0.4, 0.5) is 0 Å². The van der Waals surface area contributed by atoms with Crippen molar-refractivity contribution in [2.75, 3.05) is 13.2 Å². The molecule has 1 N–H and O–H groups in total. The molecule has 0 fully saturated rings. The SMILES string of the molecule is C=CCOc1ccccc1OCC(=O)NCc1csc(-c2cccnc2)n1. The first-order valence-corrected chi connectivity index (χ1v) is 9.21. The second-order valence-electron chi connectivity index (χ2n) is 5.50. The Hall–Kier alpha value is -3.19. The topological polar surface area (TPSA) is 73.3 Å². The third-order valence-electron chi connectivity index (χ3n) is 3.49. The molecule has 7 heteroatoms. The summed E-state index contributed by atoms with van der Waals surface area (Å²) >= 11 is 1.52. The van der Waals surface area contributed by atoms with E-state index in [1.165, 1.54) is 11.3 Å². The van der Waals surface area contributed by atoms with Crippen LogP contribution in [-0.2, 0) is 11.3 Å². The fourth-order valence-electron chi connectivity index (χ4n) is 2.23. The minimum atomic E-state index is -0.232. The molecule has 0 radical (unpaired) electrons. The molecule has 2 aromatic heterocycles. The predicted molar refractivity (Wildman–Crippen MR) is 105 cm³/mol. The van der Waals surface area contributed by atoms with Crippen LogP contribution < -0.4 is 14.8 Å². The molecule has 3 aromatic rings. The molecule has 0 atom stereocenters. The second kappa shape index (κ2) is 9.49. The van der Waals surface area contributed by atoms with Gasteiger partial charge in [-0.2, -0.15) is 0 Å². The van der Waals surface area contributed by atoms with Gasteiger partial charge in [0.1, 0.15) is 11.6 Å². The van der Waals surface area contributed by atoms with E-state index in [0.29, 0.717) is 24.7 Å². The Balaban J connectivity index is 1.49. The molecule has 27 heavy (non-hydrogen) atoms. The van der Waals surface area contributed by atoms with E-state index in [-0.39, 0.29) is 12.5 Å². The van der Waals surface area contributed by atoms with Gasteiger partial charge in [-0.25, -0.2) is 4.98 Å². The van der Waals surface area contributed by atoms with Crippen LogP contribution in [0.15, 0.2) is 66.8 Å². The van der Waals surface area contributed by atoms with E-state index in [1.54, 1.807) is 30.6 Å². The number of hydrogen-bond acceptors (Lipinski definition) is 6. The Labute approximate surface area is 161 Å². The molecule has 0 saturated carbocycles. The first kappa shape index (κ1) is 18.6. The van der Waals surface area contributed by atoms with Gasteiger partial charge in [0.2, 0.25) is 0 Å². The van der Waals surface area contributed by atoms with Crippen molar-refractivity contribution in [1.82, 2.24) is 15.3 Å². The van der Waals surface area contributed by atoms with Crippen molar-refractivity contribution in [2.45, 2.75) is 6.54 Å². The molecular weight excluding hydrogens is 362 g/mol. The Morgan fingerprint density at radius 3 is 2.74 bits per heavy atom. The molecule has 1 amide bonds. The maximum Gasteiger partial charge on any atom is 0.258 e.